The van der Waals surface area contributed by atoms with E-state index in [-0.39, 0.29) is 27.2 Å². The molecule has 0 aromatic heterocycles. The monoisotopic (exact) mass is 1180 g/mol. The van der Waals surface area contributed by atoms with Crippen LogP contribution in [-0.2, 0) is 66.8 Å². The van der Waals surface area contributed by atoms with Crippen LogP contribution in [0.15, 0.2) is 207 Å². The maximum Gasteiger partial charge on any atom is 0.122 e. The number of hydrogen-bond donors (Lipinski definition) is 4. The highest BCUT2D eigenvalue weighted by Crippen LogP contribution is 2.06. The van der Waals surface area contributed by atoms with Crippen molar-refractivity contribution >= 4 is 22.2 Å². The number of halogens is 1. The third-order valence-corrected chi connectivity index (χ3v) is 10.8. The third-order valence-electron chi connectivity index (χ3n) is 10.2. The molecule has 0 amide bonds. The number of alkyl halides is 1. The van der Waals surface area contributed by atoms with Crippen molar-refractivity contribution in [3.8, 4) is 0 Å². The van der Waals surface area contributed by atoms with Gasteiger partial charge in [0.25, 0.3) is 0 Å². The zero-order valence-corrected chi connectivity index (χ0v) is 50.2. The molecule has 0 atom stereocenters. The molecule has 0 heterocycles. The molecule has 0 unspecified atom stereocenters. The molecule has 0 fully saturated rings. The van der Waals surface area contributed by atoms with Crippen molar-refractivity contribution in [2.75, 3.05) is 59.5 Å². The normalized spacial score (nSPS) is 9.68. The maximum absolute atomic E-state index is 9.94. The molecule has 10 nitrogen and oxygen atoms in total. The van der Waals surface area contributed by atoms with Gasteiger partial charge in [-0.1, -0.05) is 243 Å². The molecule has 6 rings (SSSR count). The number of carbonyl (C=O) groups is 1. The van der Waals surface area contributed by atoms with Crippen LogP contribution < -0.4 is 0 Å². The lowest BCUT2D eigenvalue weighted by molar-refractivity contribution is -0.108. The Morgan fingerprint density at radius 1 is 0.395 bits per heavy atom. The summed E-state index contributed by atoms with van der Waals surface area (Å²) in [5, 5.41) is 33.8. The van der Waals surface area contributed by atoms with Crippen molar-refractivity contribution in [1.29, 1.82) is 0 Å². The quantitative estimate of drug-likeness (QED) is 0.0144. The Balaban J connectivity index is -0.000000879. The van der Waals surface area contributed by atoms with Crippen LogP contribution in [0.3, 0.4) is 0 Å². The number of aliphatic hydroxyl groups excluding tert-OH is 4. The fourth-order valence-electron chi connectivity index (χ4n) is 6.02. The van der Waals surface area contributed by atoms with Crippen molar-refractivity contribution < 1.29 is 48.9 Å². The first-order chi connectivity index (χ1) is 39.4. The van der Waals surface area contributed by atoms with E-state index in [4.69, 9.17) is 44.1 Å². The van der Waals surface area contributed by atoms with E-state index >= 15 is 0 Å². The van der Waals surface area contributed by atoms with E-state index in [0.29, 0.717) is 58.9 Å². The van der Waals surface area contributed by atoms with Crippen molar-refractivity contribution in [1.82, 2.24) is 0 Å². The van der Waals surface area contributed by atoms with Gasteiger partial charge in [-0.25, -0.2) is 0 Å². The Kier molecular flexibility index (Phi) is 67.9. The molecule has 4 N–H and O–H groups in total. The predicted molar refractivity (Wildman–Crippen MR) is 343 cm³/mol. The van der Waals surface area contributed by atoms with Gasteiger partial charge in [0.05, 0.1) is 46.2 Å². The number of aliphatic hydroxyl groups is 4. The topological polar surface area (TPSA) is 144 Å². The minimum absolute atomic E-state index is 0. The first-order valence-corrected chi connectivity index (χ1v) is 29.3. The van der Waals surface area contributed by atoms with Gasteiger partial charge in [-0.15, -0.1) is 6.58 Å². The lowest BCUT2D eigenvalue weighted by Crippen LogP contribution is -1.97. The molecule has 6 aromatic carbocycles. The summed E-state index contributed by atoms with van der Waals surface area (Å²) in [6.45, 7) is 17.2. The molecule has 0 radical (unpaired) electrons. The van der Waals surface area contributed by atoms with Crippen LogP contribution in [0.4, 0.5) is 0 Å². The van der Waals surface area contributed by atoms with Crippen LogP contribution in [0, 0.1) is 0 Å². The van der Waals surface area contributed by atoms with E-state index in [0.717, 1.165) is 75.9 Å². The van der Waals surface area contributed by atoms with Gasteiger partial charge in [-0.05, 0) is 92.2 Å². The first kappa shape index (κ1) is 79.8. The summed E-state index contributed by atoms with van der Waals surface area (Å²) in [7, 11) is 0. The van der Waals surface area contributed by atoms with Gasteiger partial charge in [-0.2, -0.15) is 0 Å². The second-order valence-electron chi connectivity index (χ2n) is 17.4. The molecule has 81 heavy (non-hydrogen) atoms. The number of ether oxygens (including phenoxy) is 5. The lowest BCUT2D eigenvalue weighted by atomic mass is 10.2. The number of aldehydes is 1. The fraction of sp³-hybridized carbons (Fsp3) is 0.414. The van der Waals surface area contributed by atoms with Crippen LogP contribution in [0.25, 0.3) is 0 Å². The van der Waals surface area contributed by atoms with Crippen LogP contribution in [0.5, 0.6) is 0 Å². The number of benzene rings is 6. The van der Waals surface area contributed by atoms with E-state index in [1.807, 2.05) is 153 Å². The number of allylic oxidation sites excluding steroid dienone is 2. The SMILES string of the molecule is BrCc1ccccc1.C.C=CC.CC=CCCOCc1ccccc1.CCCCCOCc1ccccc1.O=CCCOCc1ccccc1.OCCCCCOCc1ccccc1.OCCCO.OCCCOCc1ccccc1. The largest absolute Gasteiger partial charge is 0.396 e. The molecule has 0 bridgehead atoms. The highest BCUT2D eigenvalue weighted by molar-refractivity contribution is 9.08. The average molecular weight is 1180 g/mol. The Labute approximate surface area is 499 Å². The molecular weight excluding hydrogens is 1080 g/mol. The molecule has 450 valence electrons. The number of carbonyl (C=O) groups excluding carboxylic acids is 1. The molecule has 0 saturated carbocycles. The summed E-state index contributed by atoms with van der Waals surface area (Å²) in [4.78, 5) is 9.94. The van der Waals surface area contributed by atoms with E-state index in [1.54, 1.807) is 6.08 Å². The van der Waals surface area contributed by atoms with Crippen molar-refractivity contribution in [3.05, 3.63) is 240 Å². The molecular formula is C70H103BrO10. The van der Waals surface area contributed by atoms with Crippen LogP contribution in [0.2, 0.25) is 0 Å². The Morgan fingerprint density at radius 2 is 0.679 bits per heavy atom. The van der Waals surface area contributed by atoms with Gasteiger partial charge >= 0.3 is 0 Å². The second-order valence-corrected chi connectivity index (χ2v) is 18.0. The zero-order chi connectivity index (χ0) is 58.7. The smallest absolute Gasteiger partial charge is 0.122 e. The Hall–Kier alpha value is -5.41. The van der Waals surface area contributed by atoms with E-state index in [9.17, 15) is 4.79 Å². The highest BCUT2D eigenvalue weighted by Gasteiger charge is 1.95. The second kappa shape index (κ2) is 68.9. The third kappa shape index (κ3) is 60.5. The van der Waals surface area contributed by atoms with Gasteiger partial charge in [-0.3, -0.25) is 0 Å². The van der Waals surface area contributed by atoms with Crippen molar-refractivity contribution in [2.24, 2.45) is 0 Å². The summed E-state index contributed by atoms with van der Waals surface area (Å²) in [6.07, 6.45) is 16.2. The van der Waals surface area contributed by atoms with Gasteiger partial charge in [0, 0.05) is 58.0 Å². The standard InChI is InChI=1S/C12H18O2.C12H18O.C12H16O.C10H14O2.C10H12O2.C7H7Br.C3H8O2.C3H6.CH4/c13-9-5-2-6-10-14-11-12-7-3-1-4-8-12;2*1-2-3-7-10-13-11-12-8-5-4-6-9-12;2*11-7-4-8-12-9-10-5-2-1-3-6-10;8-6-7-4-2-1-3-5-7;4-2-1-3-5;1-3-2;/h1,3-4,7-8,13H,2,5-6,9-11H2;4-6,8-9H,2-3,7,10-11H2,1H3;2-6,8-9H,7,10-11H2,1H3;1-3,5-6,11H,4,7-9H2;1-3,5-7H,4,8-9H2;1-5H,6H2;4-5H,1-3H2;3H,1H2,2H3;1H4. The minimum atomic E-state index is 0. The van der Waals surface area contributed by atoms with Gasteiger partial charge in [0.2, 0.25) is 0 Å². The molecule has 0 aliphatic heterocycles. The molecule has 0 aliphatic carbocycles. The average Bonchev–Trinajstić information content (AvgIpc) is 3.51. The van der Waals surface area contributed by atoms with Gasteiger partial charge < -0.3 is 48.9 Å². The van der Waals surface area contributed by atoms with Crippen LogP contribution in [-0.4, -0.2) is 86.2 Å². The van der Waals surface area contributed by atoms with E-state index < -0.39 is 0 Å². The highest BCUT2D eigenvalue weighted by atomic mass is 79.9. The van der Waals surface area contributed by atoms with E-state index in [1.165, 1.54) is 47.1 Å². The van der Waals surface area contributed by atoms with Crippen molar-refractivity contribution in [2.45, 2.75) is 131 Å². The number of unbranched alkanes of at least 4 members (excludes halogenated alkanes) is 4. The lowest BCUT2D eigenvalue weighted by Gasteiger charge is -2.03. The molecule has 0 saturated heterocycles. The molecule has 0 aliphatic rings. The summed E-state index contributed by atoms with van der Waals surface area (Å²) in [6, 6.07) is 60.9. The fourth-order valence-corrected chi connectivity index (χ4v) is 6.40. The summed E-state index contributed by atoms with van der Waals surface area (Å²) in [5.74, 6) is 0. The number of hydrogen-bond acceptors (Lipinski definition) is 10. The first-order valence-electron chi connectivity index (χ1n) is 28.2. The van der Waals surface area contributed by atoms with Gasteiger partial charge in [0.15, 0.2) is 0 Å². The van der Waals surface area contributed by atoms with E-state index in [2.05, 4.69) is 84.0 Å². The molecule has 6 aromatic rings. The Morgan fingerprint density at radius 3 is 0.938 bits per heavy atom. The predicted octanol–water partition coefficient (Wildman–Crippen LogP) is 16.1. The van der Waals surface area contributed by atoms with Gasteiger partial charge in [0.1, 0.15) is 6.29 Å². The zero-order valence-electron chi connectivity index (χ0n) is 48.6. The number of rotatable bonds is 31. The molecule has 11 heteroatoms. The molecule has 0 spiro atoms. The Bertz CT molecular complexity index is 2100. The summed E-state index contributed by atoms with van der Waals surface area (Å²) < 4.78 is 27.0. The van der Waals surface area contributed by atoms with Crippen LogP contribution >= 0.6 is 15.9 Å². The summed E-state index contributed by atoms with van der Waals surface area (Å²) >= 11 is 3.36. The van der Waals surface area contributed by atoms with Crippen LogP contribution in [0.1, 0.15) is 126 Å². The minimum Gasteiger partial charge on any atom is -0.396 e. The maximum atomic E-state index is 9.94. The van der Waals surface area contributed by atoms with Crippen molar-refractivity contribution in [3.63, 3.8) is 0 Å². The summed E-state index contributed by atoms with van der Waals surface area (Å²) in [5.41, 5.74) is 7.36.